The molecule has 0 aliphatic heterocycles. The standard InChI is InChI=1S/C33H28N4O3S2/c1-38-29-18-13-23(19-30(29)39-2)20-31-35-36-33(42-22-25-21-41-32(34-25)24-9-5-3-6-10-24)37(31)26-14-16-28(17-15-26)40-27-11-7-4-8-12-27/h3-19,21H,20,22H2,1-2H3. The number of thiazole rings is 1. The number of hydrogen-bond donors (Lipinski definition) is 0. The maximum atomic E-state index is 6.02. The van der Waals surface area contributed by atoms with Gasteiger partial charge in [-0.05, 0) is 54.1 Å². The molecule has 0 N–H and O–H groups in total. The largest absolute Gasteiger partial charge is 0.493 e. The molecule has 0 unspecified atom stereocenters. The molecule has 0 aliphatic rings. The van der Waals surface area contributed by atoms with Crippen LogP contribution in [-0.2, 0) is 12.2 Å². The van der Waals surface area contributed by atoms with E-state index in [-0.39, 0.29) is 0 Å². The molecule has 0 saturated heterocycles. The van der Waals surface area contributed by atoms with Crippen molar-refractivity contribution in [3.63, 3.8) is 0 Å². The number of hydrogen-bond acceptors (Lipinski definition) is 8. The molecule has 0 aliphatic carbocycles. The van der Waals surface area contributed by atoms with E-state index >= 15 is 0 Å². The van der Waals surface area contributed by atoms with E-state index in [0.717, 1.165) is 50.0 Å². The average Bonchev–Trinajstić information content (AvgIpc) is 3.68. The number of methoxy groups -OCH3 is 2. The average molecular weight is 593 g/mol. The van der Waals surface area contributed by atoms with Crippen LogP contribution in [0.15, 0.2) is 114 Å². The molecule has 42 heavy (non-hydrogen) atoms. The zero-order chi connectivity index (χ0) is 28.7. The van der Waals surface area contributed by atoms with Crippen molar-refractivity contribution in [2.75, 3.05) is 14.2 Å². The quantitative estimate of drug-likeness (QED) is 0.141. The number of ether oxygens (including phenoxy) is 3. The molecule has 6 rings (SSSR count). The van der Waals surface area contributed by atoms with Crippen LogP contribution in [0.4, 0.5) is 0 Å². The van der Waals surface area contributed by atoms with Gasteiger partial charge in [-0.2, -0.15) is 0 Å². The molecule has 210 valence electrons. The van der Waals surface area contributed by atoms with Crippen molar-refractivity contribution in [1.82, 2.24) is 19.7 Å². The molecule has 0 bridgehead atoms. The Balaban J connectivity index is 1.28. The Morgan fingerprint density at radius 3 is 2.21 bits per heavy atom. The molecular weight excluding hydrogens is 565 g/mol. The Morgan fingerprint density at radius 2 is 1.48 bits per heavy atom. The predicted octanol–water partition coefficient (Wildman–Crippen LogP) is 8.08. The molecule has 0 fully saturated rings. The van der Waals surface area contributed by atoms with E-state index in [0.29, 0.717) is 23.7 Å². The zero-order valence-electron chi connectivity index (χ0n) is 23.1. The van der Waals surface area contributed by atoms with Gasteiger partial charge in [0.1, 0.15) is 22.3 Å². The summed E-state index contributed by atoms with van der Waals surface area (Å²) >= 11 is 3.26. The van der Waals surface area contributed by atoms with E-state index in [2.05, 4.69) is 32.3 Å². The van der Waals surface area contributed by atoms with Crippen LogP contribution in [0, 0.1) is 0 Å². The van der Waals surface area contributed by atoms with Gasteiger partial charge in [-0.1, -0.05) is 66.4 Å². The highest BCUT2D eigenvalue weighted by Gasteiger charge is 2.17. The summed E-state index contributed by atoms with van der Waals surface area (Å²) in [5.41, 5.74) is 4.11. The van der Waals surface area contributed by atoms with Crippen molar-refractivity contribution in [2.24, 2.45) is 0 Å². The summed E-state index contributed by atoms with van der Waals surface area (Å²) in [5, 5.41) is 13.1. The summed E-state index contributed by atoms with van der Waals surface area (Å²) in [5.74, 6) is 4.39. The fourth-order valence-electron chi connectivity index (χ4n) is 4.45. The van der Waals surface area contributed by atoms with Gasteiger partial charge in [0.2, 0.25) is 0 Å². The lowest BCUT2D eigenvalue weighted by atomic mass is 10.1. The molecule has 6 aromatic rings. The number of para-hydroxylation sites is 1. The smallest absolute Gasteiger partial charge is 0.196 e. The number of aromatic nitrogens is 4. The van der Waals surface area contributed by atoms with Gasteiger partial charge < -0.3 is 14.2 Å². The molecule has 0 amide bonds. The van der Waals surface area contributed by atoms with Gasteiger partial charge in [0.15, 0.2) is 16.7 Å². The lowest BCUT2D eigenvalue weighted by Crippen LogP contribution is -2.04. The van der Waals surface area contributed by atoms with Crippen molar-refractivity contribution in [3.8, 4) is 39.3 Å². The fourth-order valence-corrected chi connectivity index (χ4v) is 6.25. The van der Waals surface area contributed by atoms with Gasteiger partial charge in [-0.3, -0.25) is 4.57 Å². The Labute approximate surface area is 252 Å². The van der Waals surface area contributed by atoms with Crippen molar-refractivity contribution in [2.45, 2.75) is 17.3 Å². The summed E-state index contributed by atoms with van der Waals surface area (Å²) in [4.78, 5) is 4.86. The van der Waals surface area contributed by atoms with Crippen LogP contribution in [0.1, 0.15) is 17.1 Å². The first kappa shape index (κ1) is 27.6. The SMILES string of the molecule is COc1ccc(Cc2nnc(SCc3csc(-c4ccccc4)n3)n2-c2ccc(Oc3ccccc3)cc2)cc1OC. The minimum Gasteiger partial charge on any atom is -0.493 e. The lowest BCUT2D eigenvalue weighted by molar-refractivity contribution is 0.354. The van der Waals surface area contributed by atoms with Crippen molar-refractivity contribution >= 4 is 23.1 Å². The maximum Gasteiger partial charge on any atom is 0.196 e. The first-order chi connectivity index (χ1) is 20.7. The second-order valence-corrected chi connectivity index (χ2v) is 11.1. The van der Waals surface area contributed by atoms with Crippen LogP contribution < -0.4 is 14.2 Å². The highest BCUT2D eigenvalue weighted by Crippen LogP contribution is 2.32. The van der Waals surface area contributed by atoms with Crippen LogP contribution in [0.5, 0.6) is 23.0 Å². The summed E-state index contributed by atoms with van der Waals surface area (Å²) in [7, 11) is 3.27. The van der Waals surface area contributed by atoms with Crippen LogP contribution in [0.2, 0.25) is 0 Å². The topological polar surface area (TPSA) is 71.3 Å². The fraction of sp³-hybridized carbons (Fsp3) is 0.121. The predicted molar refractivity (Wildman–Crippen MR) is 167 cm³/mol. The summed E-state index contributed by atoms with van der Waals surface area (Å²) in [6.45, 7) is 0. The van der Waals surface area contributed by atoms with E-state index in [1.807, 2.05) is 91.0 Å². The first-order valence-electron chi connectivity index (χ1n) is 13.3. The number of rotatable bonds is 11. The summed E-state index contributed by atoms with van der Waals surface area (Å²) < 4.78 is 19.1. The molecule has 0 spiro atoms. The minimum atomic E-state index is 0.561. The highest BCUT2D eigenvalue weighted by atomic mass is 32.2. The van der Waals surface area contributed by atoms with Crippen molar-refractivity contribution in [1.29, 1.82) is 0 Å². The monoisotopic (exact) mass is 592 g/mol. The summed E-state index contributed by atoms with van der Waals surface area (Å²) in [6, 6.07) is 33.9. The third-order valence-corrected chi connectivity index (χ3v) is 8.41. The normalized spacial score (nSPS) is 10.9. The molecule has 4 aromatic carbocycles. The van der Waals surface area contributed by atoms with E-state index in [1.54, 1.807) is 37.3 Å². The van der Waals surface area contributed by atoms with Gasteiger partial charge >= 0.3 is 0 Å². The zero-order valence-corrected chi connectivity index (χ0v) is 24.8. The van der Waals surface area contributed by atoms with Gasteiger partial charge in [-0.25, -0.2) is 4.98 Å². The third-order valence-electron chi connectivity index (χ3n) is 6.51. The lowest BCUT2D eigenvalue weighted by Gasteiger charge is -2.13. The maximum absolute atomic E-state index is 6.02. The Bertz CT molecular complexity index is 1750. The Hall–Kier alpha value is -4.60. The number of thioether (sulfide) groups is 1. The Kier molecular flexibility index (Phi) is 8.48. The van der Waals surface area contributed by atoms with Crippen LogP contribution >= 0.6 is 23.1 Å². The molecule has 7 nitrogen and oxygen atoms in total. The second kappa shape index (κ2) is 12.9. The first-order valence-corrected chi connectivity index (χ1v) is 15.2. The molecule has 2 heterocycles. The van der Waals surface area contributed by atoms with Crippen LogP contribution in [-0.4, -0.2) is 34.0 Å². The second-order valence-electron chi connectivity index (χ2n) is 9.31. The number of nitrogens with zero attached hydrogens (tertiary/aromatic N) is 4. The van der Waals surface area contributed by atoms with Gasteiger partial charge in [-0.15, -0.1) is 21.5 Å². The molecule has 0 atom stereocenters. The van der Waals surface area contributed by atoms with Crippen molar-refractivity contribution < 1.29 is 14.2 Å². The van der Waals surface area contributed by atoms with Gasteiger partial charge in [0, 0.05) is 28.8 Å². The van der Waals surface area contributed by atoms with E-state index in [4.69, 9.17) is 19.2 Å². The molecule has 0 radical (unpaired) electrons. The van der Waals surface area contributed by atoms with Crippen molar-refractivity contribution in [3.05, 3.63) is 126 Å². The van der Waals surface area contributed by atoms with Gasteiger partial charge in [0.25, 0.3) is 0 Å². The summed E-state index contributed by atoms with van der Waals surface area (Å²) in [6.07, 6.45) is 0.561. The minimum absolute atomic E-state index is 0.561. The number of benzene rings is 4. The molecule has 2 aromatic heterocycles. The van der Waals surface area contributed by atoms with Gasteiger partial charge in [0.05, 0.1) is 19.9 Å². The highest BCUT2D eigenvalue weighted by molar-refractivity contribution is 7.98. The van der Waals surface area contributed by atoms with E-state index in [1.165, 1.54) is 0 Å². The van der Waals surface area contributed by atoms with E-state index in [9.17, 15) is 0 Å². The van der Waals surface area contributed by atoms with Crippen LogP contribution in [0.3, 0.4) is 0 Å². The van der Waals surface area contributed by atoms with Crippen LogP contribution in [0.25, 0.3) is 16.3 Å². The van der Waals surface area contributed by atoms with E-state index < -0.39 is 0 Å². The molecule has 9 heteroatoms. The third kappa shape index (κ3) is 6.32. The molecule has 0 saturated carbocycles. The Morgan fingerprint density at radius 1 is 0.762 bits per heavy atom. The molecular formula is C33H28N4O3S2.